The van der Waals surface area contributed by atoms with E-state index < -0.39 is 0 Å². The maximum Gasteiger partial charge on any atom is 0.312 e. The fourth-order valence-corrected chi connectivity index (χ4v) is 1.56. The average molecular weight is 233 g/mol. The van der Waals surface area contributed by atoms with Crippen molar-refractivity contribution in [2.75, 3.05) is 6.61 Å². The molecule has 0 spiro atoms. The molecule has 5 nitrogen and oxygen atoms in total. The Bertz CT molecular complexity index is 559. The molecule has 0 fully saturated rings. The number of hydrogen-bond acceptors (Lipinski definition) is 5. The van der Waals surface area contributed by atoms with E-state index in [2.05, 4.69) is 5.16 Å². The summed E-state index contributed by atoms with van der Waals surface area (Å²) in [7, 11) is 0. The Kier molecular flexibility index (Phi) is 3.18. The molecule has 17 heavy (non-hydrogen) atoms. The predicted octanol–water partition coefficient (Wildman–Crippen LogP) is 1.75. The first kappa shape index (κ1) is 11.3. The van der Waals surface area contributed by atoms with E-state index in [1.54, 1.807) is 25.1 Å². The zero-order valence-corrected chi connectivity index (χ0v) is 9.30. The number of carbonyl (C=O) groups is 2. The molecule has 2 rings (SSSR count). The number of fused-ring (bicyclic) bond motifs is 1. The first-order valence-electron chi connectivity index (χ1n) is 5.23. The van der Waals surface area contributed by atoms with Gasteiger partial charge in [0, 0.05) is 10.9 Å². The van der Waals surface area contributed by atoms with Gasteiger partial charge in [0.05, 0.1) is 13.0 Å². The van der Waals surface area contributed by atoms with Crippen LogP contribution >= 0.6 is 0 Å². The molecule has 0 saturated carbocycles. The number of nitrogens with zero attached hydrogens (tertiary/aromatic N) is 1. The van der Waals surface area contributed by atoms with E-state index in [9.17, 15) is 9.59 Å². The van der Waals surface area contributed by atoms with E-state index in [1.165, 1.54) is 0 Å². The maximum atomic E-state index is 11.3. The number of ether oxygens (including phenoxy) is 1. The van der Waals surface area contributed by atoms with Gasteiger partial charge in [-0.05, 0) is 25.1 Å². The van der Waals surface area contributed by atoms with E-state index in [-0.39, 0.29) is 12.4 Å². The second-order valence-electron chi connectivity index (χ2n) is 3.48. The highest BCUT2D eigenvalue weighted by Gasteiger charge is 2.13. The van der Waals surface area contributed by atoms with Crippen molar-refractivity contribution in [3.8, 4) is 0 Å². The van der Waals surface area contributed by atoms with Crippen molar-refractivity contribution in [2.24, 2.45) is 0 Å². The van der Waals surface area contributed by atoms with Crippen LogP contribution in [0, 0.1) is 0 Å². The third-order valence-corrected chi connectivity index (χ3v) is 2.32. The summed E-state index contributed by atoms with van der Waals surface area (Å²) in [4.78, 5) is 22.0. The van der Waals surface area contributed by atoms with Crippen molar-refractivity contribution in [2.45, 2.75) is 13.3 Å². The van der Waals surface area contributed by atoms with Gasteiger partial charge in [0.2, 0.25) is 0 Å². The summed E-state index contributed by atoms with van der Waals surface area (Å²) in [6.07, 6.45) is 0.781. The molecule has 0 aliphatic heterocycles. The molecule has 0 amide bonds. The van der Waals surface area contributed by atoms with Gasteiger partial charge in [0.15, 0.2) is 5.58 Å². The highest BCUT2D eigenvalue weighted by atomic mass is 16.5. The van der Waals surface area contributed by atoms with Crippen LogP contribution in [0.2, 0.25) is 0 Å². The van der Waals surface area contributed by atoms with Crippen LogP contribution in [0.1, 0.15) is 23.0 Å². The molecule has 0 aliphatic carbocycles. The lowest BCUT2D eigenvalue weighted by Gasteiger charge is -1.98. The predicted molar refractivity (Wildman–Crippen MR) is 59.7 cm³/mol. The van der Waals surface area contributed by atoms with Crippen molar-refractivity contribution in [3.05, 3.63) is 29.5 Å². The van der Waals surface area contributed by atoms with Gasteiger partial charge in [-0.2, -0.15) is 0 Å². The Labute approximate surface area is 97.3 Å². The second-order valence-corrected chi connectivity index (χ2v) is 3.48. The fraction of sp³-hybridized carbons (Fsp3) is 0.250. The minimum Gasteiger partial charge on any atom is -0.466 e. The number of aldehydes is 1. The summed E-state index contributed by atoms with van der Waals surface area (Å²) in [6.45, 7) is 2.07. The van der Waals surface area contributed by atoms with Crippen molar-refractivity contribution in [1.82, 2.24) is 5.16 Å². The van der Waals surface area contributed by atoms with Crippen LogP contribution in [0.3, 0.4) is 0 Å². The van der Waals surface area contributed by atoms with Crippen molar-refractivity contribution in [3.63, 3.8) is 0 Å². The highest BCUT2D eigenvalue weighted by molar-refractivity contribution is 5.89. The fourth-order valence-electron chi connectivity index (χ4n) is 1.56. The van der Waals surface area contributed by atoms with Gasteiger partial charge in [0.25, 0.3) is 0 Å². The van der Waals surface area contributed by atoms with Crippen LogP contribution in [-0.2, 0) is 16.0 Å². The monoisotopic (exact) mass is 233 g/mol. The first-order valence-corrected chi connectivity index (χ1v) is 5.23. The molecule has 0 aliphatic rings. The molecule has 0 saturated heterocycles. The summed E-state index contributed by atoms with van der Waals surface area (Å²) < 4.78 is 9.88. The maximum absolute atomic E-state index is 11.3. The summed E-state index contributed by atoms with van der Waals surface area (Å²) in [6, 6.07) is 4.93. The Morgan fingerprint density at radius 2 is 2.35 bits per heavy atom. The molecule has 1 aromatic heterocycles. The largest absolute Gasteiger partial charge is 0.466 e. The lowest BCUT2D eigenvalue weighted by Crippen LogP contribution is -2.07. The van der Waals surface area contributed by atoms with Crippen LogP contribution in [0.4, 0.5) is 0 Å². The van der Waals surface area contributed by atoms with Crippen molar-refractivity contribution in [1.29, 1.82) is 0 Å². The third-order valence-electron chi connectivity index (χ3n) is 2.32. The topological polar surface area (TPSA) is 69.4 Å². The number of esters is 1. The van der Waals surface area contributed by atoms with Gasteiger partial charge in [-0.15, -0.1) is 0 Å². The van der Waals surface area contributed by atoms with Crippen LogP contribution in [0.5, 0.6) is 0 Å². The van der Waals surface area contributed by atoms with Crippen molar-refractivity contribution >= 4 is 23.2 Å². The zero-order valence-electron chi connectivity index (χ0n) is 9.30. The van der Waals surface area contributed by atoms with Crippen LogP contribution in [-0.4, -0.2) is 24.0 Å². The summed E-state index contributed by atoms with van der Waals surface area (Å²) in [5.74, 6) is -0.362. The number of hydrogen-bond donors (Lipinski definition) is 0. The molecular formula is C12H11NO4. The molecule has 0 N–H and O–H groups in total. The van der Waals surface area contributed by atoms with Gasteiger partial charge in [-0.3, -0.25) is 9.59 Å². The normalized spacial score (nSPS) is 10.4. The molecule has 1 aromatic carbocycles. The summed E-state index contributed by atoms with van der Waals surface area (Å²) in [5, 5.41) is 4.47. The molecule has 1 heterocycles. The van der Waals surface area contributed by atoms with Gasteiger partial charge in [-0.1, -0.05) is 5.16 Å². The Morgan fingerprint density at radius 3 is 3.06 bits per heavy atom. The molecule has 0 radical (unpaired) electrons. The van der Waals surface area contributed by atoms with Crippen LogP contribution in [0.25, 0.3) is 11.0 Å². The smallest absolute Gasteiger partial charge is 0.312 e. The zero-order chi connectivity index (χ0) is 12.3. The Balaban J connectivity index is 2.34. The standard InChI is InChI=1S/C12H11NO4/c1-2-16-12(15)6-10-9-5-8(7-14)3-4-11(9)17-13-10/h3-5,7H,2,6H2,1H3. The van der Waals surface area contributed by atoms with E-state index in [1.807, 2.05) is 0 Å². The molecule has 0 atom stereocenters. The Hall–Kier alpha value is -2.17. The molecule has 5 heteroatoms. The lowest BCUT2D eigenvalue weighted by molar-refractivity contribution is -0.142. The Morgan fingerprint density at radius 1 is 1.53 bits per heavy atom. The SMILES string of the molecule is CCOC(=O)Cc1noc2ccc(C=O)cc12. The average Bonchev–Trinajstić information content (AvgIpc) is 2.72. The highest BCUT2D eigenvalue weighted by Crippen LogP contribution is 2.20. The molecular weight excluding hydrogens is 222 g/mol. The molecule has 88 valence electrons. The van der Waals surface area contributed by atoms with Gasteiger partial charge in [0.1, 0.15) is 12.0 Å². The van der Waals surface area contributed by atoms with E-state index in [0.717, 1.165) is 6.29 Å². The third kappa shape index (κ3) is 2.33. The summed E-state index contributed by atoms with van der Waals surface area (Å²) in [5.41, 5.74) is 1.56. The molecule has 0 unspecified atom stereocenters. The van der Waals surface area contributed by atoms with Gasteiger partial charge in [-0.25, -0.2) is 0 Å². The first-order chi connectivity index (χ1) is 8.24. The summed E-state index contributed by atoms with van der Waals surface area (Å²) >= 11 is 0. The molecule has 2 aromatic rings. The minimum atomic E-state index is -0.362. The van der Waals surface area contributed by atoms with E-state index in [0.29, 0.717) is 28.8 Å². The van der Waals surface area contributed by atoms with Crippen LogP contribution in [0.15, 0.2) is 22.7 Å². The number of carbonyl (C=O) groups excluding carboxylic acids is 2. The minimum absolute atomic E-state index is 0.0448. The van der Waals surface area contributed by atoms with Gasteiger partial charge >= 0.3 is 5.97 Å². The quantitative estimate of drug-likeness (QED) is 0.594. The van der Waals surface area contributed by atoms with E-state index >= 15 is 0 Å². The molecule has 0 bridgehead atoms. The number of aromatic nitrogens is 1. The van der Waals surface area contributed by atoms with Gasteiger partial charge < -0.3 is 9.26 Å². The lowest BCUT2D eigenvalue weighted by atomic mass is 10.1. The van der Waals surface area contributed by atoms with Crippen molar-refractivity contribution < 1.29 is 18.8 Å². The number of benzene rings is 1. The van der Waals surface area contributed by atoms with E-state index in [4.69, 9.17) is 9.26 Å². The number of rotatable bonds is 4. The van der Waals surface area contributed by atoms with Crippen LogP contribution < -0.4 is 0 Å². The second kappa shape index (κ2) is 4.78.